The van der Waals surface area contributed by atoms with Crippen LogP contribution in [-0.2, 0) is 10.0 Å². The quantitative estimate of drug-likeness (QED) is 0.667. The second-order valence-electron chi connectivity index (χ2n) is 6.13. The molecule has 11 heteroatoms. The monoisotopic (exact) mass is 456 g/mol. The second kappa shape index (κ2) is 8.87. The highest BCUT2D eigenvalue weighted by molar-refractivity contribution is 7.89. The molecule has 154 valence electrons. The molecule has 0 saturated heterocycles. The fourth-order valence-corrected chi connectivity index (χ4v) is 4.03. The molecule has 0 fully saturated rings. The van der Waals surface area contributed by atoms with Crippen molar-refractivity contribution in [2.45, 2.75) is 17.3 Å². The molecular formula is C17H17Cl2F3N2O3S. The van der Waals surface area contributed by atoms with Crippen molar-refractivity contribution in [1.29, 1.82) is 0 Å². The highest BCUT2D eigenvalue weighted by Crippen LogP contribution is 2.32. The van der Waals surface area contributed by atoms with Crippen LogP contribution in [0.1, 0.15) is 11.6 Å². The summed E-state index contributed by atoms with van der Waals surface area (Å²) < 4.78 is 68.8. The van der Waals surface area contributed by atoms with Gasteiger partial charge in [0.25, 0.3) is 0 Å². The first-order chi connectivity index (χ1) is 12.9. The first-order valence-electron chi connectivity index (χ1n) is 7.85. The summed E-state index contributed by atoms with van der Waals surface area (Å²) in [6, 6.07) is 8.76. The van der Waals surface area contributed by atoms with Crippen LogP contribution in [0.4, 0.5) is 13.2 Å². The van der Waals surface area contributed by atoms with Gasteiger partial charge in [-0.15, -0.1) is 13.2 Å². The van der Waals surface area contributed by atoms with Gasteiger partial charge in [0.2, 0.25) is 10.0 Å². The summed E-state index contributed by atoms with van der Waals surface area (Å²) in [4.78, 5) is 1.50. The van der Waals surface area contributed by atoms with Crippen LogP contribution in [0.5, 0.6) is 5.75 Å². The number of rotatable bonds is 7. The Hall–Kier alpha value is -1.52. The molecule has 2 aromatic rings. The number of alkyl halides is 3. The zero-order valence-corrected chi connectivity index (χ0v) is 17.1. The summed E-state index contributed by atoms with van der Waals surface area (Å²) in [5.74, 6) is -0.685. The molecule has 2 aromatic carbocycles. The number of sulfonamides is 1. The van der Waals surface area contributed by atoms with Gasteiger partial charge in [-0.05, 0) is 50.0 Å². The van der Waals surface area contributed by atoms with Gasteiger partial charge in [0, 0.05) is 11.6 Å². The van der Waals surface area contributed by atoms with Crippen molar-refractivity contribution >= 4 is 33.2 Å². The normalized spacial score (nSPS) is 13.6. The summed E-state index contributed by atoms with van der Waals surface area (Å²) in [6.45, 7) is 0.337. The minimum absolute atomic E-state index is 0.287. The zero-order chi connectivity index (χ0) is 21.1. The molecule has 0 aliphatic carbocycles. The number of ether oxygens (including phenoxy) is 1. The molecule has 0 radical (unpaired) electrons. The van der Waals surface area contributed by atoms with Crippen LogP contribution in [0.15, 0.2) is 47.4 Å². The summed E-state index contributed by atoms with van der Waals surface area (Å²) in [6.07, 6.45) is -4.94. The van der Waals surface area contributed by atoms with Crippen molar-refractivity contribution < 1.29 is 26.3 Å². The minimum Gasteiger partial charge on any atom is -0.404 e. The number of halogens is 5. The lowest BCUT2D eigenvalue weighted by Crippen LogP contribution is -2.35. The molecule has 0 aliphatic rings. The molecule has 0 bridgehead atoms. The molecule has 0 aliphatic heterocycles. The summed E-state index contributed by atoms with van der Waals surface area (Å²) in [7, 11) is -0.527. The van der Waals surface area contributed by atoms with Crippen LogP contribution in [0.25, 0.3) is 0 Å². The Bertz CT molecular complexity index is 920. The molecule has 1 unspecified atom stereocenters. The minimum atomic E-state index is -4.94. The zero-order valence-electron chi connectivity index (χ0n) is 14.8. The topological polar surface area (TPSA) is 58.6 Å². The first-order valence-corrected chi connectivity index (χ1v) is 10.1. The van der Waals surface area contributed by atoms with Gasteiger partial charge in [0.05, 0.1) is 16.0 Å². The average Bonchev–Trinajstić information content (AvgIpc) is 2.55. The van der Waals surface area contributed by atoms with E-state index in [0.717, 1.165) is 18.2 Å². The van der Waals surface area contributed by atoms with Crippen molar-refractivity contribution in [1.82, 2.24) is 9.62 Å². The standard InChI is InChI=1S/C17H17Cl2F3N2O3S/c1-24(2)10-15(11-3-5-12(18)6-4-11)23-28(25,26)13-7-8-16(14(19)9-13)27-17(20,21)22/h3-9,15,23H,10H2,1-2H3. The second-order valence-corrected chi connectivity index (χ2v) is 8.69. The molecule has 0 amide bonds. The van der Waals surface area contributed by atoms with Gasteiger partial charge < -0.3 is 9.64 Å². The number of benzene rings is 2. The molecule has 0 spiro atoms. The summed E-state index contributed by atoms with van der Waals surface area (Å²) >= 11 is 11.6. The van der Waals surface area contributed by atoms with Gasteiger partial charge in [0.1, 0.15) is 5.75 Å². The maximum Gasteiger partial charge on any atom is 0.573 e. The van der Waals surface area contributed by atoms with Gasteiger partial charge in [-0.1, -0.05) is 35.3 Å². The van der Waals surface area contributed by atoms with E-state index in [1.54, 1.807) is 43.3 Å². The van der Waals surface area contributed by atoms with E-state index in [1.165, 1.54) is 0 Å². The molecule has 1 atom stereocenters. The number of hydrogen-bond donors (Lipinski definition) is 1. The third kappa shape index (κ3) is 6.52. The van der Waals surface area contributed by atoms with Crippen LogP contribution in [-0.4, -0.2) is 40.3 Å². The van der Waals surface area contributed by atoms with Crippen LogP contribution in [0, 0.1) is 0 Å². The molecule has 5 nitrogen and oxygen atoms in total. The average molecular weight is 457 g/mol. The SMILES string of the molecule is CN(C)CC(NS(=O)(=O)c1ccc(OC(F)(F)F)c(Cl)c1)c1ccc(Cl)cc1. The fraction of sp³-hybridized carbons (Fsp3) is 0.294. The number of nitrogens with zero attached hydrogens (tertiary/aromatic N) is 1. The molecule has 1 N–H and O–H groups in total. The molecule has 2 rings (SSSR count). The predicted octanol–water partition coefficient (Wildman–Crippen LogP) is 4.47. The lowest BCUT2D eigenvalue weighted by atomic mass is 10.1. The van der Waals surface area contributed by atoms with Crippen molar-refractivity contribution in [3.05, 3.63) is 58.1 Å². The molecule has 0 saturated carbocycles. The summed E-state index contributed by atoms with van der Waals surface area (Å²) in [5, 5.41) is 0.0260. The maximum atomic E-state index is 12.7. The number of likely N-dealkylation sites (N-methyl/N-ethyl adjacent to an activating group) is 1. The van der Waals surface area contributed by atoms with Crippen molar-refractivity contribution in [3.8, 4) is 5.75 Å². The molecule has 28 heavy (non-hydrogen) atoms. The van der Waals surface area contributed by atoms with Gasteiger partial charge >= 0.3 is 6.36 Å². The van der Waals surface area contributed by atoms with E-state index < -0.39 is 33.2 Å². The van der Waals surface area contributed by atoms with Crippen LogP contribution in [0.3, 0.4) is 0 Å². The van der Waals surface area contributed by atoms with Gasteiger partial charge in [-0.25, -0.2) is 13.1 Å². The largest absolute Gasteiger partial charge is 0.573 e. The Morgan fingerprint density at radius 2 is 1.71 bits per heavy atom. The van der Waals surface area contributed by atoms with Gasteiger partial charge in [-0.3, -0.25) is 0 Å². The highest BCUT2D eigenvalue weighted by Gasteiger charge is 2.32. The Balaban J connectivity index is 2.30. The first kappa shape index (κ1) is 22.8. The fourth-order valence-electron chi connectivity index (χ4n) is 2.38. The van der Waals surface area contributed by atoms with Crippen LogP contribution >= 0.6 is 23.2 Å². The Labute approximate surface area is 171 Å². The van der Waals surface area contributed by atoms with Crippen molar-refractivity contribution in [2.24, 2.45) is 0 Å². The van der Waals surface area contributed by atoms with E-state index in [2.05, 4.69) is 9.46 Å². The Morgan fingerprint density at radius 1 is 1.11 bits per heavy atom. The third-order valence-corrected chi connectivity index (χ3v) is 5.57. The molecule has 0 aromatic heterocycles. The highest BCUT2D eigenvalue weighted by atomic mass is 35.5. The smallest absolute Gasteiger partial charge is 0.404 e. The number of nitrogens with one attached hydrogen (secondary N) is 1. The van der Waals surface area contributed by atoms with E-state index in [-0.39, 0.29) is 4.90 Å². The van der Waals surface area contributed by atoms with E-state index >= 15 is 0 Å². The number of hydrogen-bond acceptors (Lipinski definition) is 4. The van der Waals surface area contributed by atoms with Crippen LogP contribution < -0.4 is 9.46 Å². The van der Waals surface area contributed by atoms with E-state index in [1.807, 2.05) is 0 Å². The van der Waals surface area contributed by atoms with E-state index in [4.69, 9.17) is 23.2 Å². The molecular weight excluding hydrogens is 440 g/mol. The van der Waals surface area contributed by atoms with Crippen molar-refractivity contribution in [2.75, 3.05) is 20.6 Å². The van der Waals surface area contributed by atoms with Gasteiger partial charge in [-0.2, -0.15) is 0 Å². The van der Waals surface area contributed by atoms with E-state index in [0.29, 0.717) is 17.1 Å². The van der Waals surface area contributed by atoms with Gasteiger partial charge in [0.15, 0.2) is 0 Å². The summed E-state index contributed by atoms with van der Waals surface area (Å²) in [5.41, 5.74) is 0.671. The van der Waals surface area contributed by atoms with E-state index in [9.17, 15) is 21.6 Å². The van der Waals surface area contributed by atoms with Crippen molar-refractivity contribution in [3.63, 3.8) is 0 Å². The maximum absolute atomic E-state index is 12.7. The molecule has 0 heterocycles. The third-order valence-electron chi connectivity index (χ3n) is 3.56. The lowest BCUT2D eigenvalue weighted by Gasteiger charge is -2.23. The Kier molecular flexibility index (Phi) is 7.22. The lowest BCUT2D eigenvalue weighted by molar-refractivity contribution is -0.274. The predicted molar refractivity (Wildman–Crippen MR) is 101 cm³/mol. The van der Waals surface area contributed by atoms with Crippen LogP contribution in [0.2, 0.25) is 10.0 Å². The Morgan fingerprint density at radius 3 is 2.21 bits per heavy atom.